The summed E-state index contributed by atoms with van der Waals surface area (Å²) < 4.78 is 5.40. The number of nitrogens with zero attached hydrogens (tertiary/aromatic N) is 5. The summed E-state index contributed by atoms with van der Waals surface area (Å²) in [6, 6.07) is 7.44. The Morgan fingerprint density at radius 2 is 2.00 bits per heavy atom. The van der Waals surface area contributed by atoms with Crippen molar-refractivity contribution in [2.45, 2.75) is 32.1 Å². The van der Waals surface area contributed by atoms with E-state index in [0.717, 1.165) is 30.5 Å². The highest BCUT2D eigenvalue weighted by Crippen LogP contribution is 2.20. The molecular formula is C22H31ClN6O. The second-order valence-corrected chi connectivity index (χ2v) is 8.64. The van der Waals surface area contributed by atoms with Gasteiger partial charge in [0.2, 0.25) is 11.7 Å². The van der Waals surface area contributed by atoms with Crippen molar-refractivity contribution < 1.29 is 4.52 Å². The zero-order valence-electron chi connectivity index (χ0n) is 17.7. The summed E-state index contributed by atoms with van der Waals surface area (Å²) in [5, 5.41) is 8.22. The average molecular weight is 431 g/mol. The van der Waals surface area contributed by atoms with Gasteiger partial charge in [-0.15, -0.1) is 0 Å². The molecule has 8 heteroatoms. The number of hydrogen-bond acceptors (Lipinski definition) is 5. The van der Waals surface area contributed by atoms with E-state index < -0.39 is 0 Å². The maximum absolute atomic E-state index is 5.94. The standard InChI is InChI=1S/C22H31ClN6O/c1-24-22(29-14-10-17(16-29)15-28-12-3-2-4-13-28)25-11-9-20-26-21(27-30-20)18-5-7-19(23)8-6-18/h5-8,17H,2-4,9-16H2,1H3,(H,24,25). The molecule has 30 heavy (non-hydrogen) atoms. The van der Waals surface area contributed by atoms with Gasteiger partial charge in [-0.1, -0.05) is 23.2 Å². The van der Waals surface area contributed by atoms with Crippen LogP contribution in [0.15, 0.2) is 33.8 Å². The summed E-state index contributed by atoms with van der Waals surface area (Å²) in [5.41, 5.74) is 0.898. The lowest BCUT2D eigenvalue weighted by atomic mass is 10.1. The molecule has 0 radical (unpaired) electrons. The molecule has 0 amide bonds. The smallest absolute Gasteiger partial charge is 0.228 e. The van der Waals surface area contributed by atoms with Gasteiger partial charge in [0, 0.05) is 50.2 Å². The third-order valence-electron chi connectivity index (χ3n) is 5.95. The summed E-state index contributed by atoms with van der Waals surface area (Å²) in [7, 11) is 1.85. The van der Waals surface area contributed by atoms with Crippen molar-refractivity contribution in [1.82, 2.24) is 25.3 Å². The zero-order chi connectivity index (χ0) is 20.8. The predicted molar refractivity (Wildman–Crippen MR) is 120 cm³/mol. The number of nitrogens with one attached hydrogen (secondary N) is 1. The minimum absolute atomic E-state index is 0.589. The number of hydrogen-bond donors (Lipinski definition) is 1. The van der Waals surface area contributed by atoms with E-state index in [-0.39, 0.29) is 0 Å². The van der Waals surface area contributed by atoms with E-state index in [1.54, 1.807) is 0 Å². The molecule has 0 saturated carbocycles. The minimum atomic E-state index is 0.589. The molecule has 2 fully saturated rings. The Morgan fingerprint density at radius 3 is 2.77 bits per heavy atom. The third kappa shape index (κ3) is 5.52. The van der Waals surface area contributed by atoms with Crippen LogP contribution in [0.1, 0.15) is 31.6 Å². The van der Waals surface area contributed by atoms with E-state index >= 15 is 0 Å². The van der Waals surface area contributed by atoms with Crippen LogP contribution in [0.3, 0.4) is 0 Å². The number of guanidine groups is 1. The molecule has 2 aromatic rings. The van der Waals surface area contributed by atoms with Crippen LogP contribution in [0.4, 0.5) is 0 Å². The van der Waals surface area contributed by atoms with E-state index in [1.807, 2.05) is 31.3 Å². The SMILES string of the molecule is CN=C(NCCc1nc(-c2ccc(Cl)cc2)no1)N1CCC(CN2CCCCC2)C1. The van der Waals surface area contributed by atoms with Crippen LogP contribution in [0, 0.1) is 5.92 Å². The molecule has 0 spiro atoms. The third-order valence-corrected chi connectivity index (χ3v) is 6.21. The highest BCUT2D eigenvalue weighted by Gasteiger charge is 2.27. The first-order valence-electron chi connectivity index (χ1n) is 11.0. The predicted octanol–water partition coefficient (Wildman–Crippen LogP) is 3.32. The summed E-state index contributed by atoms with van der Waals surface area (Å²) in [6.07, 6.45) is 6.01. The molecule has 0 aliphatic carbocycles. The van der Waals surface area contributed by atoms with E-state index in [0.29, 0.717) is 29.7 Å². The van der Waals surface area contributed by atoms with Crippen molar-refractivity contribution in [3.63, 3.8) is 0 Å². The van der Waals surface area contributed by atoms with E-state index in [9.17, 15) is 0 Å². The molecule has 2 aliphatic heterocycles. The van der Waals surface area contributed by atoms with Crippen LogP contribution in [-0.2, 0) is 6.42 Å². The van der Waals surface area contributed by atoms with Crippen molar-refractivity contribution in [2.75, 3.05) is 46.3 Å². The molecule has 1 unspecified atom stereocenters. The lowest BCUT2D eigenvalue weighted by molar-refractivity contribution is 0.198. The van der Waals surface area contributed by atoms with Gasteiger partial charge in [0.05, 0.1) is 0 Å². The molecule has 7 nitrogen and oxygen atoms in total. The summed E-state index contributed by atoms with van der Waals surface area (Å²) >= 11 is 5.94. The first-order valence-corrected chi connectivity index (χ1v) is 11.4. The number of likely N-dealkylation sites (tertiary alicyclic amines) is 2. The second kappa shape index (κ2) is 10.3. The number of aromatic nitrogens is 2. The van der Waals surface area contributed by atoms with Crippen LogP contribution < -0.4 is 5.32 Å². The Kier molecular flexibility index (Phi) is 7.23. The molecular weight excluding hydrogens is 400 g/mol. The van der Waals surface area contributed by atoms with E-state index in [2.05, 4.69) is 30.2 Å². The van der Waals surface area contributed by atoms with Crippen molar-refractivity contribution in [3.8, 4) is 11.4 Å². The molecule has 4 rings (SSSR count). The number of rotatable bonds is 6. The Bertz CT molecular complexity index is 830. The fourth-order valence-electron chi connectivity index (χ4n) is 4.37. The van der Waals surface area contributed by atoms with Crippen LogP contribution in [0.5, 0.6) is 0 Å². The van der Waals surface area contributed by atoms with Gasteiger partial charge in [0.15, 0.2) is 5.96 Å². The zero-order valence-corrected chi connectivity index (χ0v) is 18.4. The van der Waals surface area contributed by atoms with Crippen molar-refractivity contribution >= 4 is 17.6 Å². The fourth-order valence-corrected chi connectivity index (χ4v) is 4.49. The summed E-state index contributed by atoms with van der Waals surface area (Å²) in [6.45, 7) is 6.62. The van der Waals surface area contributed by atoms with Crippen LogP contribution in [0.25, 0.3) is 11.4 Å². The van der Waals surface area contributed by atoms with Gasteiger partial charge >= 0.3 is 0 Å². The van der Waals surface area contributed by atoms with Crippen molar-refractivity contribution in [3.05, 3.63) is 35.2 Å². The van der Waals surface area contributed by atoms with Gasteiger partial charge in [-0.2, -0.15) is 4.98 Å². The Morgan fingerprint density at radius 1 is 1.20 bits per heavy atom. The molecule has 1 atom stereocenters. The molecule has 1 N–H and O–H groups in total. The van der Waals surface area contributed by atoms with Gasteiger partial charge in [0.25, 0.3) is 0 Å². The molecule has 162 valence electrons. The first-order chi connectivity index (χ1) is 14.7. The van der Waals surface area contributed by atoms with Crippen LogP contribution in [0.2, 0.25) is 5.02 Å². The topological polar surface area (TPSA) is 69.8 Å². The van der Waals surface area contributed by atoms with Crippen molar-refractivity contribution in [1.29, 1.82) is 0 Å². The highest BCUT2D eigenvalue weighted by molar-refractivity contribution is 6.30. The first kappa shape index (κ1) is 21.1. The van der Waals surface area contributed by atoms with Crippen molar-refractivity contribution in [2.24, 2.45) is 10.9 Å². The lowest BCUT2D eigenvalue weighted by Crippen LogP contribution is -2.42. The maximum Gasteiger partial charge on any atom is 0.228 e. The van der Waals surface area contributed by atoms with Gasteiger partial charge in [-0.25, -0.2) is 0 Å². The molecule has 1 aromatic carbocycles. The Balaban J connectivity index is 1.23. The monoisotopic (exact) mass is 430 g/mol. The van der Waals surface area contributed by atoms with Gasteiger partial charge < -0.3 is 19.6 Å². The highest BCUT2D eigenvalue weighted by atomic mass is 35.5. The minimum Gasteiger partial charge on any atom is -0.356 e. The fraction of sp³-hybridized carbons (Fsp3) is 0.591. The van der Waals surface area contributed by atoms with Crippen LogP contribution in [-0.4, -0.2) is 72.2 Å². The molecule has 2 saturated heterocycles. The Hall–Kier alpha value is -2.12. The number of halogens is 1. The van der Waals surface area contributed by atoms with Gasteiger partial charge in [0.1, 0.15) is 0 Å². The second-order valence-electron chi connectivity index (χ2n) is 8.20. The molecule has 3 heterocycles. The number of aliphatic imine (C=N–C) groups is 1. The molecule has 0 bridgehead atoms. The average Bonchev–Trinajstić information content (AvgIpc) is 3.42. The van der Waals surface area contributed by atoms with Gasteiger partial charge in [-0.3, -0.25) is 4.99 Å². The molecule has 2 aliphatic rings. The summed E-state index contributed by atoms with van der Waals surface area (Å²) in [5.74, 6) is 2.91. The largest absolute Gasteiger partial charge is 0.356 e. The summed E-state index contributed by atoms with van der Waals surface area (Å²) in [4.78, 5) is 14.0. The molecule has 1 aromatic heterocycles. The maximum atomic E-state index is 5.94. The lowest BCUT2D eigenvalue weighted by Gasteiger charge is -2.29. The van der Waals surface area contributed by atoms with E-state index in [1.165, 1.54) is 45.3 Å². The van der Waals surface area contributed by atoms with E-state index in [4.69, 9.17) is 16.1 Å². The quantitative estimate of drug-likeness (QED) is 0.560. The van der Waals surface area contributed by atoms with Crippen LogP contribution >= 0.6 is 11.6 Å². The normalized spacial score (nSPS) is 20.7. The Labute approximate surface area is 183 Å². The number of benzene rings is 1. The van der Waals surface area contributed by atoms with Gasteiger partial charge in [-0.05, 0) is 62.5 Å². The number of piperidine rings is 1.